The molecule has 1 atom stereocenters. The van der Waals surface area contributed by atoms with E-state index in [1.54, 1.807) is 11.8 Å². The number of nitrogens with zero attached hydrogens (tertiary/aromatic N) is 1. The third-order valence-corrected chi connectivity index (χ3v) is 2.90. The van der Waals surface area contributed by atoms with Crippen molar-refractivity contribution >= 4 is 11.8 Å². The lowest BCUT2D eigenvalue weighted by Crippen LogP contribution is -2.28. The molecule has 0 fully saturated rings. The Morgan fingerprint density at radius 1 is 1.50 bits per heavy atom. The van der Waals surface area contributed by atoms with Crippen LogP contribution in [-0.2, 0) is 0 Å². The van der Waals surface area contributed by atoms with E-state index in [0.717, 1.165) is 37.3 Å². The molecule has 0 radical (unpaired) electrons. The van der Waals surface area contributed by atoms with Gasteiger partial charge in [-0.15, -0.1) is 0 Å². The highest BCUT2D eigenvalue weighted by atomic mass is 32.2. The van der Waals surface area contributed by atoms with Crippen molar-refractivity contribution in [3.05, 3.63) is 0 Å². The van der Waals surface area contributed by atoms with E-state index in [2.05, 4.69) is 18.3 Å². The molecule has 14 heavy (non-hydrogen) atoms. The van der Waals surface area contributed by atoms with Gasteiger partial charge in [0.05, 0.1) is 12.1 Å². The van der Waals surface area contributed by atoms with E-state index in [1.165, 1.54) is 0 Å². The average Bonchev–Trinajstić information content (AvgIpc) is 2.22. The van der Waals surface area contributed by atoms with E-state index in [9.17, 15) is 0 Å². The molecule has 3 nitrogen and oxygen atoms in total. The molecular weight excluding hydrogens is 196 g/mol. The van der Waals surface area contributed by atoms with Crippen LogP contribution in [0.3, 0.4) is 0 Å². The van der Waals surface area contributed by atoms with Crippen LogP contribution in [0.15, 0.2) is 0 Å². The predicted molar refractivity (Wildman–Crippen MR) is 61.3 cm³/mol. The molecule has 82 valence electrons. The third-order valence-electron chi connectivity index (χ3n) is 1.79. The van der Waals surface area contributed by atoms with Crippen LogP contribution in [0.5, 0.6) is 0 Å². The summed E-state index contributed by atoms with van der Waals surface area (Å²) >= 11 is 1.80. The van der Waals surface area contributed by atoms with E-state index < -0.39 is 0 Å². The van der Waals surface area contributed by atoms with E-state index in [-0.39, 0.29) is 12.6 Å². The molecule has 0 saturated heterocycles. The summed E-state index contributed by atoms with van der Waals surface area (Å²) in [4.78, 5) is 0. The van der Waals surface area contributed by atoms with Gasteiger partial charge in [0.25, 0.3) is 0 Å². The second kappa shape index (κ2) is 10.8. The summed E-state index contributed by atoms with van der Waals surface area (Å²) in [7, 11) is 0. The summed E-state index contributed by atoms with van der Waals surface area (Å²) in [5.41, 5.74) is 0. The van der Waals surface area contributed by atoms with Gasteiger partial charge in [-0.25, -0.2) is 0 Å². The quantitative estimate of drug-likeness (QED) is 0.572. The summed E-state index contributed by atoms with van der Waals surface area (Å²) < 4.78 is 0. The number of nitrogens with one attached hydrogen (secondary N) is 1. The minimum absolute atomic E-state index is 0.00317. The van der Waals surface area contributed by atoms with E-state index in [0.29, 0.717) is 0 Å². The van der Waals surface area contributed by atoms with Gasteiger partial charge < -0.3 is 10.4 Å². The largest absolute Gasteiger partial charge is 0.396 e. The van der Waals surface area contributed by atoms with Crippen molar-refractivity contribution in [1.82, 2.24) is 5.32 Å². The molecule has 2 N–H and O–H groups in total. The molecule has 0 rings (SSSR count). The van der Waals surface area contributed by atoms with Crippen LogP contribution in [-0.4, -0.2) is 35.8 Å². The van der Waals surface area contributed by atoms with Crippen molar-refractivity contribution in [3.63, 3.8) is 0 Å². The summed E-state index contributed by atoms with van der Waals surface area (Å²) in [6.45, 7) is 3.28. The fourth-order valence-electron chi connectivity index (χ4n) is 1.00. The molecular formula is C10H20N2OS. The van der Waals surface area contributed by atoms with Crippen LogP contribution in [0.4, 0.5) is 0 Å². The molecule has 0 amide bonds. The second-order valence-electron chi connectivity index (χ2n) is 3.11. The van der Waals surface area contributed by atoms with Crippen molar-refractivity contribution in [2.24, 2.45) is 0 Å². The Labute approximate surface area is 90.9 Å². The third kappa shape index (κ3) is 8.36. The van der Waals surface area contributed by atoms with Gasteiger partial charge >= 0.3 is 0 Å². The van der Waals surface area contributed by atoms with Crippen molar-refractivity contribution < 1.29 is 5.11 Å². The molecule has 0 bridgehead atoms. The summed E-state index contributed by atoms with van der Waals surface area (Å²) in [6, 6.07) is 2.25. The Morgan fingerprint density at radius 3 is 2.86 bits per heavy atom. The van der Waals surface area contributed by atoms with E-state index in [1.807, 2.05) is 0 Å². The van der Waals surface area contributed by atoms with E-state index >= 15 is 0 Å². The predicted octanol–water partition coefficient (Wildman–Crippen LogP) is 1.38. The van der Waals surface area contributed by atoms with Crippen molar-refractivity contribution in [3.8, 4) is 6.07 Å². The van der Waals surface area contributed by atoms with Gasteiger partial charge in [-0.3, -0.25) is 0 Å². The number of hydrogen-bond donors (Lipinski definition) is 2. The molecule has 0 aliphatic carbocycles. The van der Waals surface area contributed by atoms with Crippen molar-refractivity contribution in [2.75, 3.05) is 24.7 Å². The highest BCUT2D eigenvalue weighted by Gasteiger charge is 2.04. The Bertz CT molecular complexity index is 159. The van der Waals surface area contributed by atoms with Gasteiger partial charge in [0, 0.05) is 6.61 Å². The summed E-state index contributed by atoms with van der Waals surface area (Å²) in [5.74, 6) is 1.98. The molecule has 0 aliphatic rings. The van der Waals surface area contributed by atoms with Crippen LogP contribution in [0, 0.1) is 11.3 Å². The molecule has 0 saturated carbocycles. The van der Waals surface area contributed by atoms with Crippen LogP contribution in [0.25, 0.3) is 0 Å². The molecule has 4 heteroatoms. The molecule has 0 aromatic carbocycles. The molecule has 0 aromatic rings. The first kappa shape index (κ1) is 13.8. The minimum atomic E-state index is -0.00317. The lowest BCUT2D eigenvalue weighted by atomic mass is 10.2. The fourth-order valence-corrected chi connectivity index (χ4v) is 1.94. The number of rotatable bonds is 9. The molecule has 1 unspecified atom stereocenters. The molecule has 0 aliphatic heterocycles. The molecule has 0 spiro atoms. The zero-order chi connectivity index (χ0) is 10.6. The van der Waals surface area contributed by atoms with Gasteiger partial charge in [-0.05, 0) is 37.3 Å². The van der Waals surface area contributed by atoms with Gasteiger partial charge in [0.2, 0.25) is 0 Å². The number of nitriles is 1. The normalized spacial score (nSPS) is 12.4. The summed E-state index contributed by atoms with van der Waals surface area (Å²) in [5, 5.41) is 20.5. The number of aliphatic hydroxyl groups excluding tert-OH is 1. The number of aliphatic hydroxyl groups is 1. The maximum Gasteiger partial charge on any atom is 0.0960 e. The second-order valence-corrected chi connectivity index (χ2v) is 4.34. The Hall–Kier alpha value is -0.240. The first-order valence-electron chi connectivity index (χ1n) is 5.16. The van der Waals surface area contributed by atoms with Gasteiger partial charge in [0.15, 0.2) is 0 Å². The van der Waals surface area contributed by atoms with Crippen molar-refractivity contribution in [2.45, 2.75) is 32.2 Å². The highest BCUT2D eigenvalue weighted by molar-refractivity contribution is 7.99. The van der Waals surface area contributed by atoms with E-state index in [4.69, 9.17) is 10.4 Å². The van der Waals surface area contributed by atoms with Crippen LogP contribution in [0.2, 0.25) is 0 Å². The first-order chi connectivity index (χ1) is 6.85. The average molecular weight is 216 g/mol. The van der Waals surface area contributed by atoms with Crippen LogP contribution in [0.1, 0.15) is 26.2 Å². The Morgan fingerprint density at radius 2 is 2.29 bits per heavy atom. The maximum atomic E-state index is 8.79. The Balaban J connectivity index is 3.30. The van der Waals surface area contributed by atoms with Crippen molar-refractivity contribution in [1.29, 1.82) is 5.26 Å². The fraction of sp³-hybridized carbons (Fsp3) is 0.900. The highest BCUT2D eigenvalue weighted by Crippen LogP contribution is 2.06. The van der Waals surface area contributed by atoms with Crippen LogP contribution < -0.4 is 5.32 Å². The minimum Gasteiger partial charge on any atom is -0.396 e. The first-order valence-corrected chi connectivity index (χ1v) is 6.32. The zero-order valence-corrected chi connectivity index (χ0v) is 9.65. The van der Waals surface area contributed by atoms with Crippen LogP contribution >= 0.6 is 11.8 Å². The SMILES string of the molecule is CCCNC(C#N)CCSCCCO. The topological polar surface area (TPSA) is 56.0 Å². The molecule has 0 heterocycles. The lowest BCUT2D eigenvalue weighted by molar-refractivity contribution is 0.296. The standard InChI is InChI=1S/C10H20N2OS/c1-2-5-12-10(9-11)4-8-14-7-3-6-13/h10,12-13H,2-8H2,1H3. The number of thioether (sulfide) groups is 1. The van der Waals surface area contributed by atoms with Gasteiger partial charge in [0.1, 0.15) is 0 Å². The summed E-state index contributed by atoms with van der Waals surface area (Å²) in [6.07, 6.45) is 2.81. The Kier molecular flexibility index (Phi) is 10.7. The monoisotopic (exact) mass is 216 g/mol. The maximum absolute atomic E-state index is 8.79. The zero-order valence-electron chi connectivity index (χ0n) is 8.83. The van der Waals surface area contributed by atoms with Gasteiger partial charge in [-0.1, -0.05) is 6.92 Å². The number of hydrogen-bond acceptors (Lipinski definition) is 4. The molecule has 0 aromatic heterocycles. The van der Waals surface area contributed by atoms with Gasteiger partial charge in [-0.2, -0.15) is 17.0 Å². The smallest absolute Gasteiger partial charge is 0.0960 e. The lowest BCUT2D eigenvalue weighted by Gasteiger charge is -2.09.